The minimum absolute atomic E-state index is 0.0609. The van der Waals surface area contributed by atoms with Crippen LogP contribution < -0.4 is 0 Å². The molecule has 9 heteroatoms. The molecular weight excluding hydrogens is 442 g/mol. The van der Waals surface area contributed by atoms with E-state index in [0.29, 0.717) is 19.1 Å². The van der Waals surface area contributed by atoms with Gasteiger partial charge in [-0.05, 0) is 53.1 Å². The lowest BCUT2D eigenvalue weighted by molar-refractivity contribution is -0.384. The third-order valence-electron chi connectivity index (χ3n) is 5.68. The van der Waals surface area contributed by atoms with Crippen molar-refractivity contribution in [2.24, 2.45) is 4.99 Å². The smallest absolute Gasteiger partial charge is 0.363 e. The molecule has 8 nitrogen and oxygen atoms in total. The first-order valence-corrected chi connectivity index (χ1v) is 11.5. The molecule has 0 unspecified atom stereocenters. The summed E-state index contributed by atoms with van der Waals surface area (Å²) in [4.78, 5) is 30.8. The second-order valence-corrected chi connectivity index (χ2v) is 8.76. The summed E-state index contributed by atoms with van der Waals surface area (Å²) in [6.45, 7) is 2.73. The number of nitrogens with zero attached hydrogens (tertiary/aromatic N) is 3. The summed E-state index contributed by atoms with van der Waals surface area (Å²) >= 11 is 1.47. The van der Waals surface area contributed by atoms with Gasteiger partial charge in [0.25, 0.3) is 5.69 Å². The van der Waals surface area contributed by atoms with Crippen LogP contribution in [0.5, 0.6) is 0 Å². The summed E-state index contributed by atoms with van der Waals surface area (Å²) in [5.41, 5.74) is 4.26. The molecule has 0 N–H and O–H groups in total. The maximum atomic E-state index is 12.5. The number of non-ortho nitro benzene ring substituents is 1. The van der Waals surface area contributed by atoms with Crippen LogP contribution in [0.1, 0.15) is 23.3 Å². The Morgan fingerprint density at radius 1 is 1.12 bits per heavy atom. The van der Waals surface area contributed by atoms with Gasteiger partial charge in [-0.3, -0.25) is 10.1 Å². The molecule has 1 aliphatic carbocycles. The van der Waals surface area contributed by atoms with E-state index < -0.39 is 5.97 Å². The lowest BCUT2D eigenvalue weighted by Crippen LogP contribution is -2.36. The lowest BCUT2D eigenvalue weighted by Gasteiger charge is -2.31. The number of carbonyl (C=O) groups excluding carboxylic acids is 1. The highest BCUT2D eigenvalue weighted by atomic mass is 32.1. The van der Waals surface area contributed by atoms with Gasteiger partial charge in [-0.1, -0.05) is 18.2 Å². The maximum absolute atomic E-state index is 12.5. The third kappa shape index (κ3) is 4.50. The van der Waals surface area contributed by atoms with E-state index in [2.05, 4.69) is 9.89 Å². The van der Waals surface area contributed by atoms with E-state index in [0.717, 1.165) is 53.2 Å². The number of esters is 1. The number of ether oxygens (including phenoxy) is 2. The average Bonchev–Trinajstić information content (AvgIpc) is 3.56. The van der Waals surface area contributed by atoms with Crippen molar-refractivity contribution in [3.8, 4) is 0 Å². The first-order valence-electron chi connectivity index (χ1n) is 10.7. The zero-order valence-corrected chi connectivity index (χ0v) is 18.5. The molecule has 168 valence electrons. The van der Waals surface area contributed by atoms with E-state index in [9.17, 15) is 14.9 Å². The van der Waals surface area contributed by atoms with Gasteiger partial charge in [0.2, 0.25) is 5.90 Å². The fourth-order valence-electron chi connectivity index (χ4n) is 4.20. The van der Waals surface area contributed by atoms with Crippen LogP contribution in [0.4, 0.5) is 5.69 Å². The zero-order valence-electron chi connectivity index (χ0n) is 17.7. The number of morpholine rings is 1. The van der Waals surface area contributed by atoms with Crippen molar-refractivity contribution >= 4 is 35.0 Å². The summed E-state index contributed by atoms with van der Waals surface area (Å²) in [7, 11) is 0. The number of nitro benzene ring substituents is 1. The lowest BCUT2D eigenvalue weighted by atomic mass is 10.1. The second kappa shape index (κ2) is 9.13. The Hall–Kier alpha value is -3.56. The predicted molar refractivity (Wildman–Crippen MR) is 125 cm³/mol. The van der Waals surface area contributed by atoms with Crippen LogP contribution in [0.2, 0.25) is 0 Å². The molecule has 5 rings (SSSR count). The van der Waals surface area contributed by atoms with Crippen LogP contribution >= 0.6 is 11.3 Å². The Bertz CT molecular complexity index is 1220. The molecule has 0 atom stereocenters. The molecule has 0 spiro atoms. The molecule has 0 amide bonds. The summed E-state index contributed by atoms with van der Waals surface area (Å²) in [6.07, 6.45) is 5.33. The van der Waals surface area contributed by atoms with Crippen LogP contribution in [0, 0.1) is 10.1 Å². The van der Waals surface area contributed by atoms with Crippen molar-refractivity contribution in [3.05, 3.63) is 90.9 Å². The van der Waals surface area contributed by atoms with Crippen LogP contribution in [-0.4, -0.2) is 48.0 Å². The van der Waals surface area contributed by atoms with Gasteiger partial charge in [0, 0.05) is 30.9 Å². The van der Waals surface area contributed by atoms with Crippen LogP contribution in [-0.2, 0) is 14.3 Å². The molecule has 1 aromatic heterocycles. The van der Waals surface area contributed by atoms with E-state index in [1.807, 2.05) is 35.7 Å². The molecular formula is C24H21N3O5S. The van der Waals surface area contributed by atoms with Gasteiger partial charge in [-0.15, -0.1) is 11.3 Å². The van der Waals surface area contributed by atoms with Gasteiger partial charge in [0.1, 0.15) is 0 Å². The minimum Gasteiger partial charge on any atom is -0.401 e. The summed E-state index contributed by atoms with van der Waals surface area (Å²) in [5, 5.41) is 13.1. The van der Waals surface area contributed by atoms with Crippen LogP contribution in [0.25, 0.3) is 6.08 Å². The van der Waals surface area contributed by atoms with Gasteiger partial charge in [-0.25, -0.2) is 9.79 Å². The fraction of sp³-hybridized carbons (Fsp3) is 0.250. The first-order chi connectivity index (χ1) is 16.1. The number of hydrogen-bond donors (Lipinski definition) is 0. The minimum atomic E-state index is -0.455. The molecule has 0 saturated carbocycles. The predicted octanol–water partition coefficient (Wildman–Crippen LogP) is 4.31. The Morgan fingerprint density at radius 2 is 1.97 bits per heavy atom. The number of rotatable bonds is 5. The molecule has 2 aromatic rings. The first kappa shape index (κ1) is 21.3. The Balaban J connectivity index is 1.54. The number of aliphatic imine (C=N–C) groups is 1. The number of carbonyl (C=O) groups is 1. The Kier molecular flexibility index (Phi) is 5.89. The summed E-state index contributed by atoms with van der Waals surface area (Å²) in [6, 6.07) is 10.4. The number of nitro groups is 1. The molecule has 33 heavy (non-hydrogen) atoms. The van der Waals surface area contributed by atoms with E-state index >= 15 is 0 Å². The molecule has 2 aliphatic heterocycles. The van der Waals surface area contributed by atoms with Crippen molar-refractivity contribution in [2.45, 2.75) is 12.8 Å². The molecule has 1 saturated heterocycles. The Morgan fingerprint density at radius 3 is 2.73 bits per heavy atom. The number of thiophene rings is 1. The van der Waals surface area contributed by atoms with E-state index in [1.54, 1.807) is 12.1 Å². The third-order valence-corrected chi connectivity index (χ3v) is 6.54. The normalized spacial score (nSPS) is 21.2. The largest absolute Gasteiger partial charge is 0.401 e. The molecule has 1 fully saturated rings. The molecule has 3 aliphatic rings. The monoisotopic (exact) mass is 463 g/mol. The van der Waals surface area contributed by atoms with Gasteiger partial charge in [0.05, 0.1) is 23.0 Å². The van der Waals surface area contributed by atoms with Crippen LogP contribution in [0.3, 0.4) is 0 Å². The highest BCUT2D eigenvalue weighted by molar-refractivity contribution is 7.12. The van der Waals surface area contributed by atoms with Crippen molar-refractivity contribution in [1.82, 2.24) is 4.90 Å². The van der Waals surface area contributed by atoms with Gasteiger partial charge >= 0.3 is 5.97 Å². The molecule has 0 bridgehead atoms. The van der Waals surface area contributed by atoms with Crippen molar-refractivity contribution in [2.75, 3.05) is 26.3 Å². The van der Waals surface area contributed by atoms with Crippen molar-refractivity contribution < 1.29 is 19.2 Å². The van der Waals surface area contributed by atoms with E-state index in [4.69, 9.17) is 9.47 Å². The van der Waals surface area contributed by atoms with Gasteiger partial charge in [0.15, 0.2) is 5.70 Å². The second-order valence-electron chi connectivity index (χ2n) is 7.81. The molecule has 3 heterocycles. The van der Waals surface area contributed by atoms with Crippen LogP contribution in [0.15, 0.2) is 75.4 Å². The summed E-state index contributed by atoms with van der Waals surface area (Å²) in [5.74, 6) is -0.122. The van der Waals surface area contributed by atoms with Crippen molar-refractivity contribution in [1.29, 1.82) is 0 Å². The number of hydrogen-bond acceptors (Lipinski definition) is 8. The highest BCUT2D eigenvalue weighted by Crippen LogP contribution is 2.37. The summed E-state index contributed by atoms with van der Waals surface area (Å²) < 4.78 is 10.9. The Labute approximate surface area is 194 Å². The quantitative estimate of drug-likeness (QED) is 0.284. The zero-order chi connectivity index (χ0) is 22.8. The topological polar surface area (TPSA) is 94.3 Å². The fourth-order valence-corrected chi connectivity index (χ4v) is 4.84. The average molecular weight is 464 g/mol. The number of cyclic esters (lactones) is 1. The number of benzene rings is 1. The van der Waals surface area contributed by atoms with Gasteiger partial charge < -0.3 is 14.4 Å². The maximum Gasteiger partial charge on any atom is 0.363 e. The highest BCUT2D eigenvalue weighted by Gasteiger charge is 2.29. The van der Waals surface area contributed by atoms with E-state index in [1.165, 1.54) is 17.4 Å². The molecule has 1 aromatic carbocycles. The molecule has 0 radical (unpaired) electrons. The van der Waals surface area contributed by atoms with Gasteiger partial charge in [-0.2, -0.15) is 0 Å². The SMILES string of the molecule is O=C1OC(c2cccs2)=N/C1=C/C1=C(N2CCOCC2)C(=C/c2cccc([N+](=O)[O-])c2)/CC1. The standard InChI is InChI=1S/C24H21N3O5S/c28-24-20(25-23(32-24)21-5-2-12-33-21)15-18-7-6-17(22(18)26-8-10-31-11-9-26)13-16-3-1-4-19(14-16)27(29)30/h1-5,12-15H,6-11H2/b17-13+,20-15+. The van der Waals surface area contributed by atoms with E-state index in [-0.39, 0.29) is 16.3 Å². The van der Waals surface area contributed by atoms with Crippen molar-refractivity contribution in [3.63, 3.8) is 0 Å². The number of allylic oxidation sites excluding steroid dienone is 3.